The zero-order chi connectivity index (χ0) is 16.5. The van der Waals surface area contributed by atoms with E-state index in [4.69, 9.17) is 0 Å². The van der Waals surface area contributed by atoms with E-state index >= 15 is 0 Å². The van der Waals surface area contributed by atoms with Crippen molar-refractivity contribution in [3.05, 3.63) is 47.2 Å². The van der Waals surface area contributed by atoms with Gasteiger partial charge in [-0.05, 0) is 37.1 Å². The molecule has 4 heteroatoms. The van der Waals surface area contributed by atoms with Crippen LogP contribution in [0.3, 0.4) is 0 Å². The van der Waals surface area contributed by atoms with Crippen LogP contribution in [0.5, 0.6) is 0 Å². The van der Waals surface area contributed by atoms with Crippen molar-refractivity contribution >= 4 is 38.7 Å². The maximum absolute atomic E-state index is 11.6. The number of carboxylic acids is 1. The van der Waals surface area contributed by atoms with Crippen molar-refractivity contribution in [1.29, 1.82) is 0 Å². The first-order chi connectivity index (χ1) is 10.9. The molecule has 0 bridgehead atoms. The molecule has 2 aromatic heterocycles. The average Bonchev–Trinajstić information content (AvgIpc) is 2.94. The summed E-state index contributed by atoms with van der Waals surface area (Å²) in [6.07, 6.45) is 0. The number of rotatable bonds is 1. The molecule has 0 saturated heterocycles. The Kier molecular flexibility index (Phi) is 2.64. The summed E-state index contributed by atoms with van der Waals surface area (Å²) in [5.41, 5.74) is 5.67. The summed E-state index contributed by atoms with van der Waals surface area (Å²) in [6.45, 7) is 3.98. The molecule has 23 heavy (non-hydrogen) atoms. The Bertz CT molecular complexity index is 1130. The fraction of sp³-hybridized carbons (Fsp3) is 0.211. The zero-order valence-corrected chi connectivity index (χ0v) is 13.6. The highest BCUT2D eigenvalue weighted by Crippen LogP contribution is 2.37. The molecule has 4 aromatic rings. The van der Waals surface area contributed by atoms with Crippen molar-refractivity contribution in [3.8, 4) is 0 Å². The Morgan fingerprint density at radius 2 is 1.65 bits per heavy atom. The Labute approximate surface area is 133 Å². The predicted octanol–water partition coefficient (Wildman–Crippen LogP) is 4.14. The number of fused-ring (bicyclic) bond motifs is 4. The lowest BCUT2D eigenvalue weighted by Crippen LogP contribution is -2.05. The first-order valence-corrected chi connectivity index (χ1v) is 7.62. The van der Waals surface area contributed by atoms with Crippen molar-refractivity contribution in [2.45, 2.75) is 13.8 Å². The van der Waals surface area contributed by atoms with Gasteiger partial charge in [-0.15, -0.1) is 0 Å². The first-order valence-electron chi connectivity index (χ1n) is 7.62. The summed E-state index contributed by atoms with van der Waals surface area (Å²) in [6, 6.07) is 10.5. The summed E-state index contributed by atoms with van der Waals surface area (Å²) in [5, 5.41) is 12.9. The van der Waals surface area contributed by atoms with E-state index in [0.717, 1.165) is 22.0 Å². The molecule has 0 aliphatic rings. The van der Waals surface area contributed by atoms with E-state index in [2.05, 4.69) is 36.7 Å². The number of benzene rings is 2. The van der Waals surface area contributed by atoms with Crippen molar-refractivity contribution in [2.24, 2.45) is 14.1 Å². The molecule has 0 spiro atoms. The van der Waals surface area contributed by atoms with Crippen molar-refractivity contribution in [1.82, 2.24) is 9.13 Å². The zero-order valence-electron chi connectivity index (χ0n) is 13.6. The monoisotopic (exact) mass is 306 g/mol. The van der Waals surface area contributed by atoms with Gasteiger partial charge in [-0.1, -0.05) is 18.2 Å². The number of carbonyl (C=O) groups is 1. The molecule has 0 unspecified atom stereocenters. The van der Waals surface area contributed by atoms with E-state index in [1.807, 2.05) is 26.1 Å². The summed E-state index contributed by atoms with van der Waals surface area (Å²) >= 11 is 0. The van der Waals surface area contributed by atoms with Crippen molar-refractivity contribution in [2.75, 3.05) is 0 Å². The van der Waals surface area contributed by atoms with E-state index in [-0.39, 0.29) is 0 Å². The maximum Gasteiger partial charge on any atom is 0.352 e. The Morgan fingerprint density at radius 1 is 0.957 bits per heavy atom. The van der Waals surface area contributed by atoms with Gasteiger partial charge < -0.3 is 14.2 Å². The smallest absolute Gasteiger partial charge is 0.352 e. The van der Waals surface area contributed by atoms with Crippen LogP contribution in [0.1, 0.15) is 21.6 Å². The van der Waals surface area contributed by atoms with Gasteiger partial charge in [0.25, 0.3) is 0 Å². The highest BCUT2D eigenvalue weighted by Gasteiger charge is 2.22. The van der Waals surface area contributed by atoms with Gasteiger partial charge in [-0.3, -0.25) is 0 Å². The Balaban J connectivity index is 2.33. The van der Waals surface area contributed by atoms with Crippen LogP contribution in [0.4, 0.5) is 0 Å². The number of carboxylic acid groups (broad SMARTS) is 1. The van der Waals surface area contributed by atoms with Gasteiger partial charge in [0.15, 0.2) is 0 Å². The second kappa shape index (κ2) is 4.38. The van der Waals surface area contributed by atoms with Crippen LogP contribution >= 0.6 is 0 Å². The number of hydrogen-bond donors (Lipinski definition) is 1. The SMILES string of the molecule is Cc1c(C(=O)O)n(C)c2cc3c4ccccc4n(C)c3c(C)c12. The number of para-hydroxylation sites is 1. The lowest BCUT2D eigenvalue weighted by molar-refractivity contribution is 0.0686. The fourth-order valence-electron chi connectivity index (χ4n) is 4.07. The van der Waals surface area contributed by atoms with Gasteiger partial charge in [0.2, 0.25) is 0 Å². The molecule has 0 radical (unpaired) electrons. The summed E-state index contributed by atoms with van der Waals surface area (Å²) < 4.78 is 3.99. The highest BCUT2D eigenvalue weighted by atomic mass is 16.4. The quantitative estimate of drug-likeness (QED) is 0.574. The van der Waals surface area contributed by atoms with E-state index in [1.165, 1.54) is 21.8 Å². The van der Waals surface area contributed by atoms with Crippen LogP contribution in [0.25, 0.3) is 32.7 Å². The minimum atomic E-state index is -0.880. The van der Waals surface area contributed by atoms with Crippen LogP contribution in [0, 0.1) is 13.8 Å². The first kappa shape index (κ1) is 13.9. The fourth-order valence-corrected chi connectivity index (χ4v) is 4.07. The molecule has 0 aliphatic heterocycles. The number of aromatic carboxylic acids is 1. The lowest BCUT2D eigenvalue weighted by Gasteiger charge is -2.05. The second-order valence-corrected chi connectivity index (χ2v) is 6.21. The van der Waals surface area contributed by atoms with Gasteiger partial charge in [-0.2, -0.15) is 0 Å². The largest absolute Gasteiger partial charge is 0.477 e. The molecule has 0 fully saturated rings. The molecule has 0 atom stereocenters. The summed E-state index contributed by atoms with van der Waals surface area (Å²) in [5.74, 6) is -0.880. The molecule has 0 aliphatic carbocycles. The number of aryl methyl sites for hydroxylation is 4. The third-order valence-corrected chi connectivity index (χ3v) is 5.04. The van der Waals surface area contributed by atoms with Crippen LogP contribution < -0.4 is 0 Å². The molecule has 0 saturated carbocycles. The standard InChI is InChI=1S/C19H18N2O2/c1-10-16-11(2)18(19(22)23)21(4)15(16)9-13-12-7-5-6-8-14(12)20(3)17(10)13/h5-9H,1-4H3,(H,22,23). The van der Waals surface area contributed by atoms with E-state index in [9.17, 15) is 9.90 Å². The van der Waals surface area contributed by atoms with Gasteiger partial charge in [0.1, 0.15) is 5.69 Å². The molecule has 4 nitrogen and oxygen atoms in total. The molecule has 4 rings (SSSR count). The van der Waals surface area contributed by atoms with Gasteiger partial charge in [0.05, 0.1) is 5.52 Å². The number of hydrogen-bond acceptors (Lipinski definition) is 1. The van der Waals surface area contributed by atoms with Crippen LogP contribution in [0.15, 0.2) is 30.3 Å². The minimum absolute atomic E-state index is 0.364. The van der Waals surface area contributed by atoms with Crippen molar-refractivity contribution in [3.63, 3.8) is 0 Å². The number of nitrogens with zero attached hydrogens (tertiary/aromatic N) is 2. The maximum atomic E-state index is 11.6. The van der Waals surface area contributed by atoms with Crippen LogP contribution in [-0.4, -0.2) is 20.2 Å². The molecular formula is C19H18N2O2. The molecule has 2 heterocycles. The van der Waals surface area contributed by atoms with Gasteiger partial charge in [-0.25, -0.2) is 4.79 Å². The van der Waals surface area contributed by atoms with E-state index in [1.54, 1.807) is 4.57 Å². The molecule has 116 valence electrons. The third kappa shape index (κ3) is 1.58. The lowest BCUT2D eigenvalue weighted by atomic mass is 10.0. The topological polar surface area (TPSA) is 47.2 Å². The van der Waals surface area contributed by atoms with Crippen LogP contribution in [0.2, 0.25) is 0 Å². The highest BCUT2D eigenvalue weighted by molar-refractivity contribution is 6.15. The van der Waals surface area contributed by atoms with E-state index < -0.39 is 5.97 Å². The molecule has 1 N–H and O–H groups in total. The van der Waals surface area contributed by atoms with Gasteiger partial charge >= 0.3 is 5.97 Å². The Morgan fingerprint density at radius 3 is 2.35 bits per heavy atom. The Hall–Kier alpha value is -2.75. The summed E-state index contributed by atoms with van der Waals surface area (Å²) in [4.78, 5) is 11.6. The van der Waals surface area contributed by atoms with Crippen molar-refractivity contribution < 1.29 is 9.90 Å². The molecule has 2 aromatic carbocycles. The van der Waals surface area contributed by atoms with Gasteiger partial charge in [0, 0.05) is 41.3 Å². The second-order valence-electron chi connectivity index (χ2n) is 6.21. The number of aromatic nitrogens is 2. The third-order valence-electron chi connectivity index (χ3n) is 5.04. The molecular weight excluding hydrogens is 288 g/mol. The normalized spacial score (nSPS) is 11.8. The summed E-state index contributed by atoms with van der Waals surface area (Å²) in [7, 11) is 3.90. The van der Waals surface area contributed by atoms with Crippen LogP contribution in [-0.2, 0) is 14.1 Å². The average molecular weight is 306 g/mol. The minimum Gasteiger partial charge on any atom is -0.477 e. The molecule has 0 amide bonds. The van der Waals surface area contributed by atoms with E-state index in [0.29, 0.717) is 5.69 Å². The predicted molar refractivity (Wildman–Crippen MR) is 93.3 cm³/mol.